The molecule has 2 unspecified atom stereocenters. The van der Waals surface area contributed by atoms with Gasteiger partial charge in [0.05, 0.1) is 0 Å². The van der Waals surface area contributed by atoms with Crippen LogP contribution >= 0.6 is 0 Å². The van der Waals surface area contributed by atoms with Crippen LogP contribution in [0.15, 0.2) is 0 Å². The number of nitrogens with two attached hydrogens (primary N) is 1. The van der Waals surface area contributed by atoms with E-state index < -0.39 is 0 Å². The summed E-state index contributed by atoms with van der Waals surface area (Å²) in [7, 11) is 0. The highest BCUT2D eigenvalue weighted by Gasteiger charge is 2.24. The number of rotatable bonds is 4. The summed E-state index contributed by atoms with van der Waals surface area (Å²) in [4.78, 5) is 13.1. The van der Waals surface area contributed by atoms with Crippen molar-refractivity contribution in [3.63, 3.8) is 0 Å². The van der Waals surface area contributed by atoms with Gasteiger partial charge in [0, 0.05) is 32.6 Å². The molecule has 0 aliphatic carbocycles. The topological polar surface area (TPSA) is 58.4 Å². The van der Waals surface area contributed by atoms with Crippen LogP contribution in [0.25, 0.3) is 0 Å². The van der Waals surface area contributed by atoms with E-state index in [9.17, 15) is 4.79 Å². The van der Waals surface area contributed by atoms with Gasteiger partial charge < -0.3 is 16.0 Å². The van der Waals surface area contributed by atoms with Crippen molar-refractivity contribution in [1.82, 2.24) is 10.2 Å². The Bertz CT molecular complexity index is 208. The Morgan fingerprint density at radius 1 is 1.60 bits per heavy atom. The smallest absolute Gasteiger partial charge is 0.216 e. The number of carbonyl (C=O) groups is 1. The lowest BCUT2D eigenvalue weighted by atomic mass is 9.91. The largest absolute Gasteiger partial charge is 0.355 e. The van der Waals surface area contributed by atoms with Crippen molar-refractivity contribution in [3.05, 3.63) is 0 Å². The number of hydrogen-bond donors (Lipinski definition) is 2. The molecule has 2 atom stereocenters. The van der Waals surface area contributed by atoms with Crippen molar-refractivity contribution in [3.8, 4) is 0 Å². The zero-order chi connectivity index (χ0) is 11.3. The molecule has 3 N–H and O–H groups in total. The Morgan fingerprint density at radius 3 is 2.93 bits per heavy atom. The van der Waals surface area contributed by atoms with Gasteiger partial charge in [-0.05, 0) is 18.9 Å². The average molecular weight is 213 g/mol. The Labute approximate surface area is 92.2 Å². The van der Waals surface area contributed by atoms with Crippen LogP contribution in [-0.2, 0) is 4.79 Å². The molecule has 1 heterocycles. The quantitative estimate of drug-likeness (QED) is 0.700. The minimum atomic E-state index is 0.0516. The second kappa shape index (κ2) is 6.08. The average Bonchev–Trinajstić information content (AvgIpc) is 2.20. The third kappa shape index (κ3) is 4.18. The lowest BCUT2D eigenvalue weighted by Gasteiger charge is -2.36. The van der Waals surface area contributed by atoms with Gasteiger partial charge in [0.2, 0.25) is 5.91 Å². The van der Waals surface area contributed by atoms with Crippen LogP contribution in [0.5, 0.6) is 0 Å². The zero-order valence-corrected chi connectivity index (χ0v) is 9.83. The number of carbonyl (C=O) groups excluding carboxylic acids is 1. The Hall–Kier alpha value is -0.610. The molecule has 4 nitrogen and oxygen atoms in total. The van der Waals surface area contributed by atoms with Crippen molar-refractivity contribution in [2.45, 2.75) is 32.7 Å². The standard InChI is InChI=1S/C11H23N3O/c1-3-10-8-14(6-4-11(10)12)7-5-13-9(2)15/h10-11H,3-8,12H2,1-2H3,(H,13,15). The van der Waals surface area contributed by atoms with Gasteiger partial charge in [-0.3, -0.25) is 4.79 Å². The molecule has 1 saturated heterocycles. The van der Waals surface area contributed by atoms with Crippen molar-refractivity contribution >= 4 is 5.91 Å². The van der Waals surface area contributed by atoms with Gasteiger partial charge in [0.1, 0.15) is 0 Å². The second-order valence-corrected chi connectivity index (χ2v) is 4.40. The predicted molar refractivity (Wildman–Crippen MR) is 61.5 cm³/mol. The first-order valence-corrected chi connectivity index (χ1v) is 5.85. The highest BCUT2D eigenvalue weighted by Crippen LogP contribution is 2.17. The van der Waals surface area contributed by atoms with E-state index in [1.165, 1.54) is 0 Å². The third-order valence-electron chi connectivity index (χ3n) is 3.20. The molecule has 0 aromatic heterocycles. The molecule has 1 amide bonds. The lowest BCUT2D eigenvalue weighted by molar-refractivity contribution is -0.119. The number of piperidine rings is 1. The molecule has 1 aliphatic rings. The number of nitrogens with one attached hydrogen (secondary N) is 1. The summed E-state index contributed by atoms with van der Waals surface area (Å²) < 4.78 is 0. The number of likely N-dealkylation sites (tertiary alicyclic amines) is 1. The van der Waals surface area contributed by atoms with Crippen LogP contribution in [0.4, 0.5) is 0 Å². The molecule has 1 fully saturated rings. The molecule has 0 bridgehead atoms. The highest BCUT2D eigenvalue weighted by atomic mass is 16.1. The summed E-state index contributed by atoms with van der Waals surface area (Å²) in [5.41, 5.74) is 6.03. The SMILES string of the molecule is CCC1CN(CCNC(C)=O)CCC1N. The molecule has 0 aromatic carbocycles. The lowest BCUT2D eigenvalue weighted by Crippen LogP contribution is -2.48. The van der Waals surface area contributed by atoms with Gasteiger partial charge >= 0.3 is 0 Å². The summed E-state index contributed by atoms with van der Waals surface area (Å²) in [5, 5.41) is 2.83. The Kier molecular flexibility index (Phi) is 5.05. The fourth-order valence-electron chi connectivity index (χ4n) is 2.15. The molecule has 1 aliphatic heterocycles. The van der Waals surface area contributed by atoms with E-state index in [0.717, 1.165) is 39.0 Å². The predicted octanol–water partition coefficient (Wildman–Crippen LogP) is 0.182. The summed E-state index contributed by atoms with van der Waals surface area (Å²) in [6, 6.07) is 0.368. The first-order chi connectivity index (χ1) is 7.13. The molecule has 1 rings (SSSR count). The minimum absolute atomic E-state index is 0.0516. The maximum atomic E-state index is 10.7. The first-order valence-electron chi connectivity index (χ1n) is 5.85. The maximum Gasteiger partial charge on any atom is 0.216 e. The van der Waals surface area contributed by atoms with Gasteiger partial charge in [0.15, 0.2) is 0 Å². The molecule has 0 spiro atoms. The Balaban J connectivity index is 2.23. The monoisotopic (exact) mass is 213 g/mol. The molecule has 0 aromatic rings. The minimum Gasteiger partial charge on any atom is -0.355 e. The van der Waals surface area contributed by atoms with Crippen molar-refractivity contribution in [1.29, 1.82) is 0 Å². The van der Waals surface area contributed by atoms with E-state index in [-0.39, 0.29) is 5.91 Å². The maximum absolute atomic E-state index is 10.7. The van der Waals surface area contributed by atoms with E-state index in [1.54, 1.807) is 6.92 Å². The van der Waals surface area contributed by atoms with Gasteiger partial charge in [-0.2, -0.15) is 0 Å². The van der Waals surface area contributed by atoms with Crippen molar-refractivity contribution < 1.29 is 4.79 Å². The van der Waals surface area contributed by atoms with E-state index in [2.05, 4.69) is 17.1 Å². The van der Waals surface area contributed by atoms with Crippen LogP contribution in [0.1, 0.15) is 26.7 Å². The van der Waals surface area contributed by atoms with Gasteiger partial charge in [-0.1, -0.05) is 13.3 Å². The summed E-state index contributed by atoms with van der Waals surface area (Å²) in [6.07, 6.45) is 2.23. The summed E-state index contributed by atoms with van der Waals surface area (Å²) >= 11 is 0. The highest BCUT2D eigenvalue weighted by molar-refractivity contribution is 5.72. The summed E-state index contributed by atoms with van der Waals surface area (Å²) in [5.74, 6) is 0.673. The molecule has 88 valence electrons. The van der Waals surface area contributed by atoms with E-state index in [1.807, 2.05) is 0 Å². The van der Waals surface area contributed by atoms with Crippen molar-refractivity contribution in [2.75, 3.05) is 26.2 Å². The molecule has 4 heteroatoms. The van der Waals surface area contributed by atoms with Crippen LogP contribution in [0.2, 0.25) is 0 Å². The van der Waals surface area contributed by atoms with E-state index >= 15 is 0 Å². The Morgan fingerprint density at radius 2 is 2.33 bits per heavy atom. The van der Waals surface area contributed by atoms with Gasteiger partial charge in [-0.15, -0.1) is 0 Å². The summed E-state index contributed by atoms with van der Waals surface area (Å²) in [6.45, 7) is 7.60. The molecule has 0 saturated carbocycles. The van der Waals surface area contributed by atoms with E-state index in [4.69, 9.17) is 5.73 Å². The van der Waals surface area contributed by atoms with Crippen LogP contribution in [-0.4, -0.2) is 43.0 Å². The van der Waals surface area contributed by atoms with Crippen LogP contribution in [0.3, 0.4) is 0 Å². The van der Waals surface area contributed by atoms with Gasteiger partial charge in [0.25, 0.3) is 0 Å². The third-order valence-corrected chi connectivity index (χ3v) is 3.20. The molecular formula is C11H23N3O. The zero-order valence-electron chi connectivity index (χ0n) is 9.83. The number of hydrogen-bond acceptors (Lipinski definition) is 3. The van der Waals surface area contributed by atoms with E-state index in [0.29, 0.717) is 12.0 Å². The molecule has 15 heavy (non-hydrogen) atoms. The molecular weight excluding hydrogens is 190 g/mol. The number of nitrogens with zero attached hydrogens (tertiary/aromatic N) is 1. The fourth-order valence-corrected chi connectivity index (χ4v) is 2.15. The fraction of sp³-hybridized carbons (Fsp3) is 0.909. The first kappa shape index (κ1) is 12.5. The van der Waals surface area contributed by atoms with Crippen LogP contribution < -0.4 is 11.1 Å². The normalized spacial score (nSPS) is 27.7. The number of amides is 1. The van der Waals surface area contributed by atoms with Gasteiger partial charge in [-0.25, -0.2) is 0 Å². The van der Waals surface area contributed by atoms with Crippen molar-refractivity contribution in [2.24, 2.45) is 11.7 Å². The second-order valence-electron chi connectivity index (χ2n) is 4.40. The molecule has 0 radical (unpaired) electrons. The van der Waals surface area contributed by atoms with Crippen LogP contribution in [0, 0.1) is 5.92 Å².